The van der Waals surface area contributed by atoms with Crippen LogP contribution < -0.4 is 5.32 Å². The van der Waals surface area contributed by atoms with Gasteiger partial charge in [-0.05, 0) is 55.6 Å². The minimum absolute atomic E-state index is 0.539. The molecule has 1 saturated carbocycles. The molecule has 100 valence electrons. The minimum atomic E-state index is 0.539. The maximum atomic E-state index is 3.72. The second kappa shape index (κ2) is 6.01. The van der Waals surface area contributed by atoms with Crippen molar-refractivity contribution in [3.8, 4) is 0 Å². The van der Waals surface area contributed by atoms with E-state index in [0.717, 1.165) is 0 Å². The molecule has 2 rings (SSSR count). The number of thioether (sulfide) groups is 1. The number of hydrogen-bond donors (Lipinski definition) is 1. The zero-order valence-electron chi connectivity index (χ0n) is 11.8. The van der Waals surface area contributed by atoms with Crippen molar-refractivity contribution in [1.29, 1.82) is 0 Å². The SMILES string of the molecule is CSc1cccc(NC2CCCC(C)(C)CC2)c1. The van der Waals surface area contributed by atoms with E-state index in [-0.39, 0.29) is 0 Å². The Morgan fingerprint density at radius 1 is 1.22 bits per heavy atom. The van der Waals surface area contributed by atoms with Crippen molar-refractivity contribution in [2.75, 3.05) is 11.6 Å². The van der Waals surface area contributed by atoms with E-state index in [9.17, 15) is 0 Å². The Balaban J connectivity index is 1.96. The van der Waals surface area contributed by atoms with E-state index in [2.05, 4.69) is 49.7 Å². The second-order valence-corrected chi connectivity index (χ2v) is 7.05. The zero-order chi connectivity index (χ0) is 13.0. The van der Waals surface area contributed by atoms with Crippen molar-refractivity contribution in [3.05, 3.63) is 24.3 Å². The van der Waals surface area contributed by atoms with Crippen LogP contribution in [0.4, 0.5) is 5.69 Å². The lowest BCUT2D eigenvalue weighted by Crippen LogP contribution is -2.19. The highest BCUT2D eigenvalue weighted by Gasteiger charge is 2.24. The molecule has 1 N–H and O–H groups in total. The van der Waals surface area contributed by atoms with E-state index in [0.29, 0.717) is 11.5 Å². The van der Waals surface area contributed by atoms with E-state index in [4.69, 9.17) is 0 Å². The fourth-order valence-corrected chi connectivity index (χ4v) is 3.21. The van der Waals surface area contributed by atoms with Gasteiger partial charge in [0.05, 0.1) is 0 Å². The summed E-state index contributed by atoms with van der Waals surface area (Å²) in [6.45, 7) is 4.81. The van der Waals surface area contributed by atoms with Gasteiger partial charge in [-0.25, -0.2) is 0 Å². The van der Waals surface area contributed by atoms with Gasteiger partial charge in [0.25, 0.3) is 0 Å². The summed E-state index contributed by atoms with van der Waals surface area (Å²) >= 11 is 1.81. The maximum absolute atomic E-state index is 3.72. The maximum Gasteiger partial charge on any atom is 0.0353 e. The minimum Gasteiger partial charge on any atom is -0.382 e. The Labute approximate surface area is 116 Å². The molecule has 1 aliphatic rings. The van der Waals surface area contributed by atoms with Gasteiger partial charge < -0.3 is 5.32 Å². The van der Waals surface area contributed by atoms with Crippen LogP contribution in [0, 0.1) is 5.41 Å². The van der Waals surface area contributed by atoms with E-state index >= 15 is 0 Å². The Morgan fingerprint density at radius 2 is 2.06 bits per heavy atom. The molecule has 1 nitrogen and oxygen atoms in total. The highest BCUT2D eigenvalue weighted by Crippen LogP contribution is 2.34. The van der Waals surface area contributed by atoms with Crippen molar-refractivity contribution in [3.63, 3.8) is 0 Å². The van der Waals surface area contributed by atoms with Crippen LogP contribution in [-0.4, -0.2) is 12.3 Å². The Bertz CT molecular complexity index is 386. The number of rotatable bonds is 3. The lowest BCUT2D eigenvalue weighted by atomic mass is 9.85. The summed E-state index contributed by atoms with van der Waals surface area (Å²) in [5.74, 6) is 0. The van der Waals surface area contributed by atoms with Gasteiger partial charge in [0.1, 0.15) is 0 Å². The number of nitrogens with one attached hydrogen (secondary N) is 1. The van der Waals surface area contributed by atoms with Gasteiger partial charge in [0, 0.05) is 16.6 Å². The first kappa shape index (κ1) is 13.8. The van der Waals surface area contributed by atoms with E-state index < -0.39 is 0 Å². The molecule has 1 atom stereocenters. The summed E-state index contributed by atoms with van der Waals surface area (Å²) in [5, 5.41) is 3.72. The molecule has 1 aliphatic carbocycles. The predicted octanol–water partition coefficient (Wildman–Crippen LogP) is 5.18. The molecule has 0 saturated heterocycles. The van der Waals surface area contributed by atoms with Crippen LogP contribution in [0.2, 0.25) is 0 Å². The van der Waals surface area contributed by atoms with Crippen molar-refractivity contribution >= 4 is 17.4 Å². The molecule has 0 heterocycles. The van der Waals surface area contributed by atoms with Crippen molar-refractivity contribution < 1.29 is 0 Å². The first-order chi connectivity index (χ1) is 8.59. The van der Waals surface area contributed by atoms with Gasteiger partial charge in [0.2, 0.25) is 0 Å². The zero-order valence-corrected chi connectivity index (χ0v) is 12.6. The molecule has 1 unspecified atom stereocenters. The second-order valence-electron chi connectivity index (χ2n) is 6.17. The highest BCUT2D eigenvalue weighted by atomic mass is 32.2. The summed E-state index contributed by atoms with van der Waals surface area (Å²) in [6.07, 6.45) is 8.81. The van der Waals surface area contributed by atoms with E-state index in [1.54, 1.807) is 0 Å². The molecule has 0 radical (unpaired) electrons. The van der Waals surface area contributed by atoms with Crippen LogP contribution >= 0.6 is 11.8 Å². The molecule has 0 aromatic heterocycles. The van der Waals surface area contributed by atoms with Crippen LogP contribution in [0.3, 0.4) is 0 Å². The summed E-state index contributed by atoms with van der Waals surface area (Å²) in [4.78, 5) is 1.34. The molecule has 0 aliphatic heterocycles. The molecular weight excluding hydrogens is 238 g/mol. The van der Waals surface area contributed by atoms with Gasteiger partial charge in [-0.15, -0.1) is 11.8 Å². The smallest absolute Gasteiger partial charge is 0.0353 e. The van der Waals surface area contributed by atoms with Crippen LogP contribution in [0.1, 0.15) is 46.0 Å². The average Bonchev–Trinajstić information content (AvgIpc) is 2.51. The Kier molecular flexibility index (Phi) is 4.60. The third-order valence-corrected chi connectivity index (χ3v) is 4.74. The van der Waals surface area contributed by atoms with Gasteiger partial charge in [-0.3, -0.25) is 0 Å². The monoisotopic (exact) mass is 263 g/mol. The molecule has 2 heteroatoms. The topological polar surface area (TPSA) is 12.0 Å². The normalized spacial score (nSPS) is 23.4. The molecule has 18 heavy (non-hydrogen) atoms. The predicted molar refractivity (Wildman–Crippen MR) is 82.5 cm³/mol. The third kappa shape index (κ3) is 3.94. The van der Waals surface area contributed by atoms with Crippen LogP contribution in [0.25, 0.3) is 0 Å². The van der Waals surface area contributed by atoms with Crippen LogP contribution in [0.5, 0.6) is 0 Å². The van der Waals surface area contributed by atoms with Crippen LogP contribution in [0.15, 0.2) is 29.2 Å². The van der Waals surface area contributed by atoms with Crippen molar-refractivity contribution in [1.82, 2.24) is 0 Å². The third-order valence-electron chi connectivity index (χ3n) is 4.02. The van der Waals surface area contributed by atoms with Crippen LogP contribution in [-0.2, 0) is 0 Å². The Hall–Kier alpha value is -0.630. The Morgan fingerprint density at radius 3 is 2.83 bits per heavy atom. The number of anilines is 1. The molecule has 0 spiro atoms. The standard InChI is InChI=1S/C16H25NS/c1-16(2)10-5-7-13(9-11-16)17-14-6-4-8-15(12-14)18-3/h4,6,8,12-13,17H,5,7,9-11H2,1-3H3. The quantitative estimate of drug-likeness (QED) is 0.595. The van der Waals surface area contributed by atoms with Crippen molar-refractivity contribution in [2.24, 2.45) is 5.41 Å². The lowest BCUT2D eigenvalue weighted by molar-refractivity contribution is 0.313. The largest absolute Gasteiger partial charge is 0.382 e. The highest BCUT2D eigenvalue weighted by molar-refractivity contribution is 7.98. The van der Waals surface area contributed by atoms with Gasteiger partial charge in [-0.1, -0.05) is 26.3 Å². The molecule has 0 bridgehead atoms. The fourth-order valence-electron chi connectivity index (χ4n) is 2.75. The van der Waals surface area contributed by atoms with E-state index in [1.807, 2.05) is 11.8 Å². The van der Waals surface area contributed by atoms with Crippen molar-refractivity contribution in [2.45, 2.75) is 56.9 Å². The summed E-state index contributed by atoms with van der Waals surface area (Å²) in [7, 11) is 0. The number of benzene rings is 1. The summed E-state index contributed by atoms with van der Waals surface area (Å²) < 4.78 is 0. The first-order valence-electron chi connectivity index (χ1n) is 7.00. The fraction of sp³-hybridized carbons (Fsp3) is 0.625. The van der Waals surface area contributed by atoms with E-state index in [1.165, 1.54) is 42.7 Å². The molecule has 1 aromatic carbocycles. The molecular formula is C16H25NS. The molecule has 1 aromatic rings. The summed E-state index contributed by atoms with van der Waals surface area (Å²) in [5.41, 5.74) is 1.82. The lowest BCUT2D eigenvalue weighted by Gasteiger charge is -2.22. The molecule has 0 amide bonds. The van der Waals surface area contributed by atoms with Gasteiger partial charge in [-0.2, -0.15) is 0 Å². The average molecular weight is 263 g/mol. The molecule has 1 fully saturated rings. The van der Waals surface area contributed by atoms with Gasteiger partial charge >= 0.3 is 0 Å². The summed E-state index contributed by atoms with van der Waals surface area (Å²) in [6, 6.07) is 9.43. The first-order valence-corrected chi connectivity index (χ1v) is 8.22. The number of hydrogen-bond acceptors (Lipinski definition) is 2. The van der Waals surface area contributed by atoms with Gasteiger partial charge in [0.15, 0.2) is 0 Å².